The first-order chi connectivity index (χ1) is 10.8. The Morgan fingerprint density at radius 3 is 2.91 bits per heavy atom. The second kappa shape index (κ2) is 6.93. The molecule has 1 aliphatic rings. The van der Waals surface area contributed by atoms with Crippen molar-refractivity contribution in [1.82, 2.24) is 14.8 Å². The van der Waals surface area contributed by atoms with Gasteiger partial charge in [0.1, 0.15) is 6.26 Å². The summed E-state index contributed by atoms with van der Waals surface area (Å²) in [6.45, 7) is 6.00. The van der Waals surface area contributed by atoms with E-state index in [1.165, 1.54) is 0 Å². The Morgan fingerprint density at radius 2 is 2.23 bits per heavy atom. The molecule has 0 aliphatic carbocycles. The molecule has 6 nitrogen and oxygen atoms in total. The maximum atomic E-state index is 11.7. The topological polar surface area (TPSA) is 58.8 Å². The Balaban J connectivity index is 1.52. The molecule has 0 bridgehead atoms. The Bertz CT molecular complexity index is 603. The summed E-state index contributed by atoms with van der Waals surface area (Å²) < 4.78 is 10.6. The van der Waals surface area contributed by atoms with Crippen molar-refractivity contribution >= 4 is 17.4 Å². The maximum Gasteiger partial charge on any atom is 0.409 e. The number of aromatic nitrogens is 1. The number of carbonyl (C=O) groups excluding carboxylic acids is 1. The fraction of sp³-hybridized carbons (Fsp3) is 0.467. The van der Waals surface area contributed by atoms with Crippen molar-refractivity contribution in [3.63, 3.8) is 0 Å². The number of piperazine rings is 1. The van der Waals surface area contributed by atoms with E-state index in [9.17, 15) is 4.79 Å². The highest BCUT2D eigenvalue weighted by molar-refractivity contribution is 7.13. The lowest BCUT2D eigenvalue weighted by Crippen LogP contribution is -2.48. The molecule has 0 radical (unpaired) electrons. The molecule has 7 heteroatoms. The molecule has 1 saturated heterocycles. The lowest BCUT2D eigenvalue weighted by atomic mass is 10.3. The maximum absolute atomic E-state index is 11.7. The number of hydrogen-bond acceptors (Lipinski definition) is 6. The molecule has 0 aromatic carbocycles. The summed E-state index contributed by atoms with van der Waals surface area (Å²) in [4.78, 5) is 21.2. The normalized spacial score (nSPS) is 16.0. The molecule has 1 amide bonds. The minimum absolute atomic E-state index is 0.219. The Morgan fingerprint density at radius 1 is 1.41 bits per heavy atom. The van der Waals surface area contributed by atoms with Crippen LogP contribution in [0.2, 0.25) is 0 Å². The highest BCUT2D eigenvalue weighted by atomic mass is 32.1. The summed E-state index contributed by atoms with van der Waals surface area (Å²) in [6, 6.07) is 3.98. The monoisotopic (exact) mass is 321 g/mol. The van der Waals surface area contributed by atoms with Gasteiger partial charge in [-0.1, -0.05) is 6.07 Å². The van der Waals surface area contributed by atoms with Crippen LogP contribution < -0.4 is 0 Å². The lowest BCUT2D eigenvalue weighted by Gasteiger charge is -2.33. The van der Waals surface area contributed by atoms with Gasteiger partial charge in [-0.15, -0.1) is 11.3 Å². The Hall–Kier alpha value is -1.86. The van der Waals surface area contributed by atoms with E-state index in [0.717, 1.165) is 30.2 Å². The zero-order chi connectivity index (χ0) is 15.4. The molecule has 3 heterocycles. The van der Waals surface area contributed by atoms with Crippen molar-refractivity contribution in [2.24, 2.45) is 0 Å². The first-order valence-corrected chi connectivity index (χ1v) is 8.26. The number of amides is 1. The fourth-order valence-electron chi connectivity index (χ4n) is 2.43. The smallest absolute Gasteiger partial charge is 0.409 e. The van der Waals surface area contributed by atoms with Crippen LogP contribution in [0.4, 0.5) is 4.79 Å². The van der Waals surface area contributed by atoms with E-state index in [4.69, 9.17) is 9.15 Å². The molecule has 118 valence electrons. The van der Waals surface area contributed by atoms with Crippen LogP contribution in [0.3, 0.4) is 0 Å². The molecular weight excluding hydrogens is 302 g/mol. The third kappa shape index (κ3) is 3.48. The van der Waals surface area contributed by atoms with Crippen LogP contribution in [0.15, 0.2) is 28.2 Å². The molecule has 1 fully saturated rings. The van der Waals surface area contributed by atoms with Gasteiger partial charge in [0.2, 0.25) is 5.89 Å². The second-order valence-electron chi connectivity index (χ2n) is 5.08. The number of thiophene rings is 1. The van der Waals surface area contributed by atoms with Gasteiger partial charge in [0, 0.05) is 32.7 Å². The van der Waals surface area contributed by atoms with E-state index in [1.807, 2.05) is 24.4 Å². The number of rotatable bonds is 4. The molecule has 0 spiro atoms. The molecular formula is C15H19N3O3S. The van der Waals surface area contributed by atoms with E-state index in [1.54, 1.807) is 22.5 Å². The van der Waals surface area contributed by atoms with E-state index < -0.39 is 0 Å². The lowest BCUT2D eigenvalue weighted by molar-refractivity contribution is 0.0775. The highest BCUT2D eigenvalue weighted by Crippen LogP contribution is 2.24. The fourth-order valence-corrected chi connectivity index (χ4v) is 3.08. The summed E-state index contributed by atoms with van der Waals surface area (Å²) in [5.41, 5.74) is 0.924. The molecule has 1 aliphatic heterocycles. The van der Waals surface area contributed by atoms with Crippen molar-refractivity contribution in [2.75, 3.05) is 32.8 Å². The molecule has 2 aromatic rings. The van der Waals surface area contributed by atoms with Gasteiger partial charge >= 0.3 is 6.09 Å². The molecule has 3 rings (SSSR count). The third-order valence-electron chi connectivity index (χ3n) is 3.57. The summed E-state index contributed by atoms with van der Waals surface area (Å²) in [5.74, 6) is 0.676. The number of nitrogens with zero attached hydrogens (tertiary/aromatic N) is 3. The number of hydrogen-bond donors (Lipinski definition) is 0. The van der Waals surface area contributed by atoms with Crippen LogP contribution in [0.25, 0.3) is 10.8 Å². The average molecular weight is 321 g/mol. The molecule has 0 N–H and O–H groups in total. The quantitative estimate of drug-likeness (QED) is 0.866. The van der Waals surface area contributed by atoms with Gasteiger partial charge in [0.05, 0.1) is 17.2 Å². The summed E-state index contributed by atoms with van der Waals surface area (Å²) >= 11 is 1.62. The van der Waals surface area contributed by atoms with Crippen molar-refractivity contribution < 1.29 is 13.9 Å². The summed E-state index contributed by atoms with van der Waals surface area (Å²) in [6.07, 6.45) is 1.50. The van der Waals surface area contributed by atoms with Crippen LogP contribution in [-0.4, -0.2) is 53.7 Å². The SMILES string of the molecule is CCOC(=O)N1CCN(Cc2coc(-c3cccs3)n2)CC1. The van der Waals surface area contributed by atoms with Crippen LogP contribution in [-0.2, 0) is 11.3 Å². The number of oxazole rings is 1. The number of carbonyl (C=O) groups is 1. The molecule has 0 unspecified atom stereocenters. The van der Waals surface area contributed by atoms with Crippen LogP contribution in [0, 0.1) is 0 Å². The van der Waals surface area contributed by atoms with Crippen molar-refractivity contribution in [1.29, 1.82) is 0 Å². The van der Waals surface area contributed by atoms with E-state index in [-0.39, 0.29) is 6.09 Å². The predicted molar refractivity (Wildman–Crippen MR) is 83.7 cm³/mol. The molecule has 2 aromatic heterocycles. The zero-order valence-corrected chi connectivity index (χ0v) is 13.3. The van der Waals surface area contributed by atoms with Gasteiger partial charge in [0.25, 0.3) is 0 Å². The first-order valence-electron chi connectivity index (χ1n) is 7.38. The minimum Gasteiger partial charge on any atom is -0.450 e. The van der Waals surface area contributed by atoms with E-state index in [0.29, 0.717) is 25.6 Å². The van der Waals surface area contributed by atoms with Gasteiger partial charge in [-0.25, -0.2) is 9.78 Å². The Kier molecular flexibility index (Phi) is 4.74. The van der Waals surface area contributed by atoms with E-state index >= 15 is 0 Å². The standard InChI is InChI=1S/C15H19N3O3S/c1-2-20-15(19)18-7-5-17(6-8-18)10-12-11-21-14(16-12)13-4-3-9-22-13/h3-4,9,11H,2,5-8,10H2,1H3. The van der Waals surface area contributed by atoms with E-state index in [2.05, 4.69) is 9.88 Å². The zero-order valence-electron chi connectivity index (χ0n) is 12.5. The van der Waals surface area contributed by atoms with Gasteiger partial charge in [-0.3, -0.25) is 4.90 Å². The average Bonchev–Trinajstić information content (AvgIpc) is 3.19. The van der Waals surface area contributed by atoms with Crippen LogP contribution >= 0.6 is 11.3 Å². The van der Waals surface area contributed by atoms with Gasteiger partial charge in [-0.2, -0.15) is 0 Å². The minimum atomic E-state index is -0.219. The summed E-state index contributed by atoms with van der Waals surface area (Å²) in [7, 11) is 0. The largest absolute Gasteiger partial charge is 0.450 e. The van der Waals surface area contributed by atoms with Gasteiger partial charge < -0.3 is 14.1 Å². The van der Waals surface area contributed by atoms with Gasteiger partial charge in [-0.05, 0) is 18.4 Å². The van der Waals surface area contributed by atoms with Crippen LogP contribution in [0.5, 0.6) is 0 Å². The molecule has 0 saturated carbocycles. The molecule has 22 heavy (non-hydrogen) atoms. The van der Waals surface area contributed by atoms with Crippen LogP contribution in [0.1, 0.15) is 12.6 Å². The Labute approximate surface area is 133 Å². The first kappa shape index (κ1) is 15.1. The van der Waals surface area contributed by atoms with Crippen molar-refractivity contribution in [3.05, 3.63) is 29.5 Å². The predicted octanol–water partition coefficient (Wildman–Crippen LogP) is 2.68. The van der Waals surface area contributed by atoms with Crippen molar-refractivity contribution in [2.45, 2.75) is 13.5 Å². The van der Waals surface area contributed by atoms with Gasteiger partial charge in [0.15, 0.2) is 0 Å². The number of ether oxygens (including phenoxy) is 1. The third-order valence-corrected chi connectivity index (χ3v) is 4.43. The highest BCUT2D eigenvalue weighted by Gasteiger charge is 2.22. The summed E-state index contributed by atoms with van der Waals surface area (Å²) in [5, 5.41) is 2.01. The second-order valence-corrected chi connectivity index (χ2v) is 6.03. The molecule has 0 atom stereocenters. The van der Waals surface area contributed by atoms with Crippen molar-refractivity contribution in [3.8, 4) is 10.8 Å².